The first-order valence-electron chi connectivity index (χ1n) is 47.3. The predicted molar refractivity (Wildman–Crippen MR) is 573 cm³/mol. The maximum absolute atomic E-state index is 6.58. The van der Waals surface area contributed by atoms with E-state index in [9.17, 15) is 0 Å². The maximum atomic E-state index is 6.58. The smallest absolute Gasteiger partial charge is 0.235 e. The van der Waals surface area contributed by atoms with Crippen molar-refractivity contribution in [3.63, 3.8) is 0 Å². The molecule has 19 aromatic carbocycles. The fourth-order valence-electron chi connectivity index (χ4n) is 21.6. The van der Waals surface area contributed by atoms with Crippen molar-refractivity contribution < 1.29 is 30.9 Å². The third-order valence-electron chi connectivity index (χ3n) is 28.1. The zero-order valence-corrected chi connectivity index (χ0v) is 75.4. The van der Waals surface area contributed by atoms with Crippen molar-refractivity contribution >= 4 is 219 Å². The molecule has 0 bridgehead atoms. The van der Waals surface area contributed by atoms with Gasteiger partial charge in [-0.05, 0) is 182 Å². The van der Waals surface area contributed by atoms with E-state index in [4.69, 9.17) is 60.8 Å². The fraction of sp³-hybridized carbons (Fsp3) is 0. The maximum Gasteiger partial charge on any atom is 0.235 e. The summed E-state index contributed by atoms with van der Waals surface area (Å²) < 4.78 is 50.8. The van der Waals surface area contributed by atoms with Gasteiger partial charge in [0.25, 0.3) is 0 Å². The second-order valence-corrected chi connectivity index (χ2v) is 36.1. The van der Waals surface area contributed by atoms with E-state index in [1.165, 1.54) is 0 Å². The van der Waals surface area contributed by atoms with E-state index < -0.39 is 0 Å². The molecule has 0 saturated carbocycles. The first-order chi connectivity index (χ1) is 70.3. The Morgan fingerprint density at radius 2 is 0.380 bits per heavy atom. The van der Waals surface area contributed by atoms with Crippen LogP contribution in [0, 0.1) is 0 Å². The molecule has 13 heterocycles. The van der Waals surface area contributed by atoms with E-state index in [2.05, 4.69) is 275 Å². The van der Waals surface area contributed by atoms with Gasteiger partial charge in [-0.15, -0.1) is 0 Å². The largest absolute Gasteiger partial charge is 0.456 e. The van der Waals surface area contributed by atoms with Gasteiger partial charge in [0.15, 0.2) is 5.58 Å². The van der Waals surface area contributed by atoms with E-state index in [-0.39, 0.29) is 0 Å². The Morgan fingerprint density at radius 1 is 0.141 bits per heavy atom. The van der Waals surface area contributed by atoms with Gasteiger partial charge in [-0.25, -0.2) is 29.9 Å². The molecule has 13 aromatic heterocycles. The Bertz CT molecular complexity index is 10800. The Kier molecular flexibility index (Phi) is 17.2. The highest BCUT2D eigenvalue weighted by molar-refractivity contribution is 6.27. The Hall–Kier alpha value is -19.6. The molecule has 0 atom stereocenters. The van der Waals surface area contributed by atoms with Gasteiger partial charge in [0.2, 0.25) is 17.8 Å². The second-order valence-electron chi connectivity index (χ2n) is 36.1. The average Bonchev–Trinajstić information content (AvgIpc) is 1.57. The van der Waals surface area contributed by atoms with Crippen LogP contribution in [-0.2, 0) is 0 Å². The molecule has 0 aliphatic heterocycles. The number of aromatic nitrogens is 9. The normalized spacial score (nSPS) is 12.1. The van der Waals surface area contributed by atoms with Crippen LogP contribution in [0.4, 0.5) is 0 Å². The molecule has 0 spiro atoms. The summed E-state index contributed by atoms with van der Waals surface area (Å²) in [5.74, 6) is 1.76. The number of furan rings is 7. The third-order valence-corrected chi connectivity index (χ3v) is 28.1. The summed E-state index contributed by atoms with van der Waals surface area (Å²) in [5, 5.41) is 21.6. The molecule has 0 N–H and O–H groups in total. The highest BCUT2D eigenvalue weighted by atomic mass is 16.4. The van der Waals surface area contributed by atoms with Crippen LogP contribution in [0.2, 0.25) is 0 Å². The van der Waals surface area contributed by atoms with Crippen molar-refractivity contribution in [2.24, 2.45) is 0 Å². The quantitative estimate of drug-likeness (QED) is 0.133. The number of rotatable bonds is 9. The predicted octanol–water partition coefficient (Wildman–Crippen LogP) is 34.0. The summed E-state index contributed by atoms with van der Waals surface area (Å²) in [6, 6.07) is 147. The highest BCUT2D eigenvalue weighted by Gasteiger charge is 2.28. The number of nitrogens with zero attached hydrogens (tertiary/aromatic N) is 9. The molecule has 0 fully saturated rings. The average molecular weight is 1820 g/mol. The molecule has 32 rings (SSSR count). The van der Waals surface area contributed by atoms with E-state index in [0.717, 1.165) is 287 Å². The summed E-state index contributed by atoms with van der Waals surface area (Å²) in [7, 11) is 0. The fourth-order valence-corrected chi connectivity index (χ4v) is 21.6. The lowest BCUT2D eigenvalue weighted by atomic mass is 10.0. The van der Waals surface area contributed by atoms with Crippen LogP contribution < -0.4 is 0 Å². The Balaban J connectivity index is 0.000000100. The zero-order valence-electron chi connectivity index (χ0n) is 75.4. The van der Waals surface area contributed by atoms with E-state index in [1.54, 1.807) is 0 Å². The molecule has 16 heteroatoms. The molecule has 0 aliphatic carbocycles. The van der Waals surface area contributed by atoms with Crippen LogP contribution in [0.5, 0.6) is 0 Å². The van der Waals surface area contributed by atoms with Gasteiger partial charge in [-0.3, -0.25) is 13.7 Å². The number of hydrogen-bond acceptors (Lipinski definition) is 13. The van der Waals surface area contributed by atoms with E-state index in [1.807, 2.05) is 170 Å². The van der Waals surface area contributed by atoms with Crippen LogP contribution in [0.15, 0.2) is 462 Å². The van der Waals surface area contributed by atoms with Crippen molar-refractivity contribution in [2.45, 2.75) is 0 Å². The minimum Gasteiger partial charge on any atom is -0.456 e. The molecular formula is C126H71N9O7. The monoisotopic (exact) mass is 1820 g/mol. The standard InChI is InChI=1S/C46H25N3O3.2C40H23N3O2/c1-5-13-37-32(12-1)44-38(20-19-31-28-9-2-8-16-41(28)52-45(31)44)49(37)46-47-35(26-17-21-42-33(23-26)29-10-3-6-14-39(29)50-42)25-36(48-46)27-18-22-43-34(24-27)30-11-4-7-15-40(30)51-43;1-2-10-24(11-3-1)31-23-32(25-18-21-37-30(22-25)27-13-6-8-16-35(27)44-37)42-40(41-31)43-33-15-7-4-14-29(33)38-34(43)20-19-28-26-12-5-9-17-36(26)45-39(28)38;1-2-10-24(11-3-1)32-23-33(25-18-21-37-31(22-25)28-14-6-8-16-35(28)44-37)42-40(41-32)43-34-15-7-4-12-26(34)29-19-20-30-27-13-5-9-17-36(27)45-39(30)38(29)43/h1-25H;2*1-23H. The van der Waals surface area contributed by atoms with E-state index >= 15 is 0 Å². The van der Waals surface area contributed by atoms with Crippen molar-refractivity contribution in [3.05, 3.63) is 431 Å². The molecule has 662 valence electrons. The third kappa shape index (κ3) is 12.3. The number of fused-ring (bicyclic) bond motifs is 33. The summed E-state index contributed by atoms with van der Waals surface area (Å²) in [4.78, 5) is 31.6. The van der Waals surface area contributed by atoms with Gasteiger partial charge >= 0.3 is 0 Å². The molecular weight excluding hydrogens is 1750 g/mol. The SMILES string of the molecule is c1ccc(-c2cc(-c3ccc4oc5ccccc5c4c3)nc(-n3c4ccccc4c4c5oc6ccccc6c5ccc43)n2)cc1.c1ccc(-c2cc(-c3ccc4oc5ccccc5c4c3)nc(-n3c4ccccc4c4ccc5c6ccccc6oc5c43)n2)cc1.c1ccc2c(c1)oc1ccc(-c3cc(-c4ccc5oc6ccccc6c5c4)nc(-n4c5ccccc5c5c6oc7ccccc7c6ccc54)n3)cc12. The minimum atomic E-state index is 0.573. The summed E-state index contributed by atoms with van der Waals surface area (Å²) >= 11 is 0. The summed E-state index contributed by atoms with van der Waals surface area (Å²) in [5.41, 5.74) is 28.9. The first-order valence-corrected chi connectivity index (χ1v) is 47.3. The number of benzene rings is 19. The molecule has 0 aliphatic rings. The van der Waals surface area contributed by atoms with Crippen molar-refractivity contribution in [1.82, 2.24) is 43.6 Å². The van der Waals surface area contributed by atoms with Crippen molar-refractivity contribution in [2.75, 3.05) is 0 Å². The lowest BCUT2D eigenvalue weighted by molar-refractivity contribution is 0.668. The van der Waals surface area contributed by atoms with Gasteiger partial charge in [0.05, 0.1) is 72.5 Å². The van der Waals surface area contributed by atoms with Crippen LogP contribution in [0.1, 0.15) is 0 Å². The van der Waals surface area contributed by atoms with E-state index in [0.29, 0.717) is 17.8 Å². The zero-order chi connectivity index (χ0) is 92.9. The minimum absolute atomic E-state index is 0.573. The lowest BCUT2D eigenvalue weighted by Crippen LogP contribution is -2.04. The molecule has 32 aromatic rings. The van der Waals surface area contributed by atoms with Gasteiger partial charge in [0, 0.05) is 130 Å². The summed E-state index contributed by atoms with van der Waals surface area (Å²) in [6.45, 7) is 0. The summed E-state index contributed by atoms with van der Waals surface area (Å²) in [6.07, 6.45) is 0. The highest BCUT2D eigenvalue weighted by Crippen LogP contribution is 2.48. The molecule has 0 unspecified atom stereocenters. The molecule has 0 saturated heterocycles. The molecule has 0 amide bonds. The molecule has 142 heavy (non-hydrogen) atoms. The molecule has 16 nitrogen and oxygen atoms in total. The van der Waals surface area contributed by atoms with Crippen molar-refractivity contribution in [1.29, 1.82) is 0 Å². The Morgan fingerprint density at radius 3 is 0.725 bits per heavy atom. The van der Waals surface area contributed by atoms with Crippen LogP contribution in [-0.4, -0.2) is 43.6 Å². The Labute approximate surface area is 804 Å². The lowest BCUT2D eigenvalue weighted by Gasteiger charge is -2.12. The topological polar surface area (TPSA) is 184 Å². The van der Waals surface area contributed by atoms with Gasteiger partial charge in [0.1, 0.15) is 78.1 Å². The van der Waals surface area contributed by atoms with Gasteiger partial charge in [-0.2, -0.15) is 0 Å². The van der Waals surface area contributed by atoms with Crippen LogP contribution >= 0.6 is 0 Å². The molecule has 0 radical (unpaired) electrons. The number of hydrogen-bond donors (Lipinski definition) is 0. The van der Waals surface area contributed by atoms with Gasteiger partial charge in [-0.1, -0.05) is 249 Å². The number of para-hydroxylation sites is 10. The first kappa shape index (κ1) is 78.7. The van der Waals surface area contributed by atoms with Crippen LogP contribution in [0.25, 0.3) is 304 Å². The van der Waals surface area contributed by atoms with Crippen LogP contribution in [0.3, 0.4) is 0 Å². The van der Waals surface area contributed by atoms with Gasteiger partial charge < -0.3 is 30.9 Å². The van der Waals surface area contributed by atoms with Crippen molar-refractivity contribution in [3.8, 4) is 85.4 Å². The second kappa shape index (κ2) is 31.0.